The van der Waals surface area contributed by atoms with E-state index in [9.17, 15) is 9.90 Å². The highest BCUT2D eigenvalue weighted by Crippen LogP contribution is 2.13. The molecule has 17 heavy (non-hydrogen) atoms. The quantitative estimate of drug-likeness (QED) is 0.619. The lowest BCUT2D eigenvalue weighted by Crippen LogP contribution is -2.22. The maximum absolute atomic E-state index is 11.7. The zero-order valence-electron chi connectivity index (χ0n) is 10.5. The molecule has 0 spiro atoms. The predicted octanol–water partition coefficient (Wildman–Crippen LogP) is 1.90. The molecule has 0 amide bonds. The summed E-state index contributed by atoms with van der Waals surface area (Å²) in [5.41, 5.74) is 6.72. The van der Waals surface area contributed by atoms with Crippen LogP contribution < -0.4 is 5.73 Å². The Morgan fingerprint density at radius 2 is 2.06 bits per heavy atom. The largest absolute Gasteiger partial charge is 0.462 e. The Hall–Kier alpha value is -1.55. The number of nitrogen functional groups attached to an aromatic ring is 1. The van der Waals surface area contributed by atoms with Crippen LogP contribution in [0.2, 0.25) is 0 Å². The van der Waals surface area contributed by atoms with E-state index in [1.807, 2.05) is 6.92 Å². The summed E-state index contributed by atoms with van der Waals surface area (Å²) in [6.07, 6.45) is 0.403. The molecule has 0 bridgehead atoms. The normalized spacial score (nSPS) is 11.3. The van der Waals surface area contributed by atoms with Gasteiger partial charge < -0.3 is 15.6 Å². The third kappa shape index (κ3) is 4.87. The Morgan fingerprint density at radius 1 is 1.41 bits per heavy atom. The number of carbonyl (C=O) groups excluding carboxylic acids is 1. The van der Waals surface area contributed by atoms with Gasteiger partial charge in [-0.15, -0.1) is 0 Å². The molecule has 1 aromatic carbocycles. The molecule has 0 aliphatic rings. The Balaban J connectivity index is 2.58. The summed E-state index contributed by atoms with van der Waals surface area (Å²) < 4.78 is 5.06. The van der Waals surface area contributed by atoms with Crippen molar-refractivity contribution in [3.63, 3.8) is 0 Å². The number of hydrogen-bond donors (Lipinski definition) is 2. The molecule has 0 fully saturated rings. The van der Waals surface area contributed by atoms with Gasteiger partial charge in [-0.2, -0.15) is 0 Å². The lowest BCUT2D eigenvalue weighted by atomic mass is 10.1. The zero-order chi connectivity index (χ0) is 13.1. The van der Waals surface area contributed by atoms with Crippen LogP contribution in [0.15, 0.2) is 18.2 Å². The molecule has 0 radical (unpaired) electrons. The fraction of sp³-hybridized carbons (Fsp3) is 0.462. The van der Waals surface area contributed by atoms with Crippen LogP contribution in [0, 0.1) is 6.92 Å². The third-order valence-corrected chi connectivity index (χ3v) is 2.28. The van der Waals surface area contributed by atoms with Crippen molar-refractivity contribution in [3.8, 4) is 0 Å². The van der Waals surface area contributed by atoms with Crippen molar-refractivity contribution in [1.29, 1.82) is 0 Å². The van der Waals surface area contributed by atoms with Gasteiger partial charge in [0.15, 0.2) is 0 Å². The Morgan fingerprint density at radius 3 is 2.59 bits per heavy atom. The summed E-state index contributed by atoms with van der Waals surface area (Å²) in [5.74, 6) is -0.412. The van der Waals surface area contributed by atoms with Gasteiger partial charge >= 0.3 is 5.97 Å². The molecule has 94 valence electrons. The number of anilines is 1. The maximum Gasteiger partial charge on any atom is 0.338 e. The summed E-state index contributed by atoms with van der Waals surface area (Å²) in [4.78, 5) is 11.7. The van der Waals surface area contributed by atoms with Crippen LogP contribution in [0.5, 0.6) is 0 Å². The van der Waals surface area contributed by atoms with Crippen molar-refractivity contribution in [2.45, 2.75) is 32.8 Å². The summed E-state index contributed by atoms with van der Waals surface area (Å²) in [6, 6.07) is 5.09. The second-order valence-electron chi connectivity index (χ2n) is 4.83. The molecule has 4 nitrogen and oxygen atoms in total. The van der Waals surface area contributed by atoms with Crippen LogP contribution in [0.3, 0.4) is 0 Å². The number of esters is 1. The molecule has 0 heterocycles. The fourth-order valence-corrected chi connectivity index (χ4v) is 1.41. The van der Waals surface area contributed by atoms with Crippen LogP contribution >= 0.6 is 0 Å². The second-order valence-corrected chi connectivity index (χ2v) is 4.83. The Labute approximate surface area is 101 Å². The number of nitrogens with two attached hydrogens (primary N) is 1. The van der Waals surface area contributed by atoms with Crippen molar-refractivity contribution in [2.24, 2.45) is 0 Å². The minimum absolute atomic E-state index is 0.191. The van der Waals surface area contributed by atoms with Gasteiger partial charge in [-0.3, -0.25) is 0 Å². The van der Waals surface area contributed by atoms with Crippen LogP contribution in [-0.2, 0) is 4.74 Å². The zero-order valence-corrected chi connectivity index (χ0v) is 10.5. The molecular formula is C13H19NO3. The van der Waals surface area contributed by atoms with Gasteiger partial charge in [0.25, 0.3) is 0 Å². The summed E-state index contributed by atoms with van der Waals surface area (Å²) in [6.45, 7) is 5.40. The van der Waals surface area contributed by atoms with Gasteiger partial charge in [0.2, 0.25) is 0 Å². The minimum atomic E-state index is -0.827. The Bertz CT molecular complexity index is 387. The van der Waals surface area contributed by atoms with Crippen LogP contribution in [0.25, 0.3) is 0 Å². The summed E-state index contributed by atoms with van der Waals surface area (Å²) in [5, 5.41) is 9.48. The van der Waals surface area contributed by atoms with Gasteiger partial charge in [-0.25, -0.2) is 4.79 Å². The van der Waals surface area contributed by atoms with Crippen molar-refractivity contribution in [3.05, 3.63) is 29.3 Å². The smallest absolute Gasteiger partial charge is 0.338 e. The predicted molar refractivity (Wildman–Crippen MR) is 66.8 cm³/mol. The number of aryl methyl sites for hydroxylation is 1. The molecule has 0 saturated carbocycles. The molecule has 0 aliphatic heterocycles. The fourth-order valence-electron chi connectivity index (χ4n) is 1.41. The molecule has 0 saturated heterocycles. The number of hydrogen-bond acceptors (Lipinski definition) is 4. The molecular weight excluding hydrogens is 218 g/mol. The van der Waals surface area contributed by atoms with Gasteiger partial charge in [-0.1, -0.05) is 0 Å². The second kappa shape index (κ2) is 5.19. The number of rotatable bonds is 4. The van der Waals surface area contributed by atoms with Crippen LogP contribution in [0.4, 0.5) is 5.69 Å². The monoisotopic (exact) mass is 237 g/mol. The van der Waals surface area contributed by atoms with E-state index in [0.717, 1.165) is 5.56 Å². The highest BCUT2D eigenvalue weighted by atomic mass is 16.5. The van der Waals surface area contributed by atoms with E-state index in [4.69, 9.17) is 10.5 Å². The van der Waals surface area contributed by atoms with E-state index in [1.54, 1.807) is 32.0 Å². The van der Waals surface area contributed by atoms with Crippen LogP contribution in [0.1, 0.15) is 36.2 Å². The summed E-state index contributed by atoms with van der Waals surface area (Å²) in [7, 11) is 0. The number of carbonyl (C=O) groups is 1. The molecule has 0 aliphatic carbocycles. The summed E-state index contributed by atoms with van der Waals surface area (Å²) >= 11 is 0. The highest BCUT2D eigenvalue weighted by Gasteiger charge is 2.14. The van der Waals surface area contributed by atoms with Gasteiger partial charge in [-0.05, 0) is 44.5 Å². The van der Waals surface area contributed by atoms with Crippen molar-refractivity contribution in [2.75, 3.05) is 12.3 Å². The maximum atomic E-state index is 11.7. The van der Waals surface area contributed by atoms with E-state index in [-0.39, 0.29) is 6.61 Å². The number of ether oxygens (including phenoxy) is 1. The molecule has 1 aromatic rings. The average molecular weight is 237 g/mol. The van der Waals surface area contributed by atoms with E-state index in [1.165, 1.54) is 0 Å². The average Bonchev–Trinajstić information content (AvgIpc) is 2.13. The molecule has 0 unspecified atom stereocenters. The van der Waals surface area contributed by atoms with E-state index in [2.05, 4.69) is 0 Å². The molecule has 3 N–H and O–H groups in total. The Kier molecular flexibility index (Phi) is 4.12. The highest BCUT2D eigenvalue weighted by molar-refractivity contribution is 5.90. The first kappa shape index (κ1) is 13.5. The van der Waals surface area contributed by atoms with E-state index >= 15 is 0 Å². The first-order chi connectivity index (χ1) is 7.78. The minimum Gasteiger partial charge on any atom is -0.462 e. The number of aliphatic hydroxyl groups is 1. The van der Waals surface area contributed by atoms with Gasteiger partial charge in [0.05, 0.1) is 17.8 Å². The molecule has 4 heteroatoms. The van der Waals surface area contributed by atoms with Crippen LogP contribution in [-0.4, -0.2) is 23.3 Å². The topological polar surface area (TPSA) is 72.6 Å². The first-order valence-corrected chi connectivity index (χ1v) is 5.54. The van der Waals surface area contributed by atoms with E-state index in [0.29, 0.717) is 17.7 Å². The van der Waals surface area contributed by atoms with Gasteiger partial charge in [0.1, 0.15) is 0 Å². The third-order valence-electron chi connectivity index (χ3n) is 2.28. The standard InChI is InChI=1S/C13H19NO3/c1-9-6-10(8-11(14)7-9)12(15)17-5-4-13(2,3)16/h6-8,16H,4-5,14H2,1-3H3. The lowest BCUT2D eigenvalue weighted by Gasteiger charge is -2.16. The van der Waals surface area contributed by atoms with Crippen molar-refractivity contribution in [1.82, 2.24) is 0 Å². The first-order valence-electron chi connectivity index (χ1n) is 5.54. The van der Waals surface area contributed by atoms with E-state index < -0.39 is 11.6 Å². The molecule has 0 atom stereocenters. The SMILES string of the molecule is Cc1cc(N)cc(C(=O)OCCC(C)(C)O)c1. The van der Waals surface area contributed by atoms with Crippen molar-refractivity contribution >= 4 is 11.7 Å². The number of benzene rings is 1. The van der Waals surface area contributed by atoms with Crippen molar-refractivity contribution < 1.29 is 14.6 Å². The lowest BCUT2D eigenvalue weighted by molar-refractivity contribution is 0.0244. The molecule has 1 rings (SSSR count). The van der Waals surface area contributed by atoms with Gasteiger partial charge in [0, 0.05) is 12.1 Å². The molecule has 0 aromatic heterocycles.